The van der Waals surface area contributed by atoms with Crippen LogP contribution in [0.2, 0.25) is 0 Å². The number of aromatic nitrogens is 1. The van der Waals surface area contributed by atoms with Gasteiger partial charge in [-0.1, -0.05) is 24.3 Å². The van der Waals surface area contributed by atoms with Crippen LogP contribution < -0.4 is 5.32 Å². The highest BCUT2D eigenvalue weighted by Crippen LogP contribution is 2.31. The van der Waals surface area contributed by atoms with E-state index >= 15 is 0 Å². The van der Waals surface area contributed by atoms with Gasteiger partial charge in [0.05, 0.1) is 32.3 Å². The van der Waals surface area contributed by atoms with Crippen LogP contribution in [0.15, 0.2) is 73.1 Å². The van der Waals surface area contributed by atoms with Gasteiger partial charge in [-0.2, -0.15) is 0 Å². The maximum atomic E-state index is 13.4. The van der Waals surface area contributed by atoms with E-state index in [0.29, 0.717) is 21.7 Å². The minimum atomic E-state index is -1.09. The average Bonchev–Trinajstić information content (AvgIpc) is 3.36. The highest BCUT2D eigenvalue weighted by atomic mass is 32.1. The number of aromatic carboxylic acids is 1. The molecule has 1 unspecified atom stereocenters. The number of carboxylic acids is 1. The van der Waals surface area contributed by atoms with Crippen LogP contribution in [-0.2, 0) is 4.79 Å². The van der Waals surface area contributed by atoms with E-state index in [2.05, 4.69) is 10.3 Å². The molecule has 4 aromatic rings. The van der Waals surface area contributed by atoms with E-state index in [0.717, 1.165) is 15.0 Å². The summed E-state index contributed by atoms with van der Waals surface area (Å²) in [4.78, 5) is 55.6. The van der Waals surface area contributed by atoms with Crippen LogP contribution in [0.25, 0.3) is 10.1 Å². The Bertz CT molecular complexity index is 1390. The average molecular weight is 471 g/mol. The number of anilines is 1. The lowest BCUT2D eigenvalue weighted by Crippen LogP contribution is -2.38. The summed E-state index contributed by atoms with van der Waals surface area (Å²) in [6.45, 7) is -0.183. The first-order valence-corrected chi connectivity index (χ1v) is 11.2. The van der Waals surface area contributed by atoms with Crippen LogP contribution in [0.1, 0.15) is 42.6 Å². The quantitative estimate of drug-likeness (QED) is 0.411. The Hall–Kier alpha value is -4.37. The first-order valence-electron chi connectivity index (χ1n) is 10.4. The summed E-state index contributed by atoms with van der Waals surface area (Å²) in [5.74, 6) is -3.35. The molecule has 34 heavy (non-hydrogen) atoms. The molecule has 1 aliphatic rings. The van der Waals surface area contributed by atoms with Gasteiger partial charge in [0.15, 0.2) is 0 Å². The summed E-state index contributed by atoms with van der Waals surface area (Å²) >= 11 is 1.36. The molecule has 2 aromatic carbocycles. The summed E-state index contributed by atoms with van der Waals surface area (Å²) in [6, 6.07) is 16.0. The van der Waals surface area contributed by atoms with Crippen molar-refractivity contribution in [1.29, 1.82) is 0 Å². The molecule has 9 heteroatoms. The van der Waals surface area contributed by atoms with Crippen molar-refractivity contribution in [2.45, 2.75) is 5.92 Å². The Kier molecular flexibility index (Phi) is 5.39. The maximum Gasteiger partial charge on any atom is 0.335 e. The number of carbonyl (C=O) groups excluding carboxylic acids is 3. The van der Waals surface area contributed by atoms with Gasteiger partial charge in [0.1, 0.15) is 0 Å². The number of hydrogen-bond acceptors (Lipinski definition) is 6. The number of carboxylic acid groups (broad SMARTS) is 1. The zero-order chi connectivity index (χ0) is 23.8. The minimum Gasteiger partial charge on any atom is -0.478 e. The molecule has 3 heterocycles. The zero-order valence-corrected chi connectivity index (χ0v) is 18.4. The predicted octanol–water partition coefficient (Wildman–Crippen LogP) is 4.01. The molecule has 2 aromatic heterocycles. The van der Waals surface area contributed by atoms with Gasteiger partial charge < -0.3 is 10.4 Å². The highest BCUT2D eigenvalue weighted by Gasteiger charge is 2.38. The summed E-state index contributed by atoms with van der Waals surface area (Å²) in [6.07, 6.45) is 3.37. The molecule has 8 nitrogen and oxygen atoms in total. The molecule has 0 fully saturated rings. The van der Waals surface area contributed by atoms with Gasteiger partial charge in [0.2, 0.25) is 5.91 Å². The van der Waals surface area contributed by atoms with E-state index in [9.17, 15) is 24.3 Å². The maximum absolute atomic E-state index is 13.4. The van der Waals surface area contributed by atoms with E-state index in [1.807, 2.05) is 12.1 Å². The van der Waals surface area contributed by atoms with Gasteiger partial charge in [0, 0.05) is 18.9 Å². The van der Waals surface area contributed by atoms with Crippen LogP contribution in [0, 0.1) is 0 Å². The van der Waals surface area contributed by atoms with Gasteiger partial charge in [-0.3, -0.25) is 24.3 Å². The number of pyridine rings is 1. The predicted molar refractivity (Wildman–Crippen MR) is 126 cm³/mol. The molecule has 0 spiro atoms. The number of nitrogens with zero attached hydrogens (tertiary/aromatic N) is 2. The molecule has 3 amide bonds. The monoisotopic (exact) mass is 471 g/mol. The lowest BCUT2D eigenvalue weighted by atomic mass is 9.96. The van der Waals surface area contributed by atoms with Crippen LogP contribution >= 0.6 is 11.3 Å². The van der Waals surface area contributed by atoms with Crippen molar-refractivity contribution in [3.05, 3.63) is 95.3 Å². The van der Waals surface area contributed by atoms with Crippen molar-refractivity contribution in [1.82, 2.24) is 9.88 Å². The number of rotatable bonds is 6. The molecule has 5 rings (SSSR count). The fourth-order valence-corrected chi connectivity index (χ4v) is 4.87. The third-order valence-electron chi connectivity index (χ3n) is 5.69. The summed E-state index contributed by atoms with van der Waals surface area (Å²) < 4.78 is 0.903. The van der Waals surface area contributed by atoms with E-state index in [1.54, 1.807) is 36.7 Å². The number of thiophene rings is 1. The van der Waals surface area contributed by atoms with Crippen molar-refractivity contribution in [3.8, 4) is 0 Å². The number of nitrogens with one attached hydrogen (secondary N) is 1. The van der Waals surface area contributed by atoms with E-state index < -0.39 is 29.6 Å². The first kappa shape index (κ1) is 21.5. The van der Waals surface area contributed by atoms with Gasteiger partial charge in [-0.25, -0.2) is 4.79 Å². The van der Waals surface area contributed by atoms with Crippen LogP contribution in [0.4, 0.5) is 5.00 Å². The van der Waals surface area contributed by atoms with Gasteiger partial charge in [-0.05, 0) is 47.3 Å². The Balaban J connectivity index is 1.47. The Morgan fingerprint density at radius 3 is 2.29 bits per heavy atom. The Labute approximate surface area is 197 Å². The largest absolute Gasteiger partial charge is 0.478 e. The molecule has 0 saturated heterocycles. The normalized spacial score (nSPS) is 13.7. The van der Waals surface area contributed by atoms with Gasteiger partial charge >= 0.3 is 5.97 Å². The number of amides is 3. The smallest absolute Gasteiger partial charge is 0.335 e. The lowest BCUT2D eigenvalue weighted by Gasteiger charge is -2.22. The van der Waals surface area contributed by atoms with Gasteiger partial charge in [0.25, 0.3) is 11.8 Å². The standard InChI is InChI=1S/C25H17N3O5S/c29-22(27-21-11-16-9-10-26-12-20(16)34-21)19(14-5-7-15(8-6-14)25(32)33)13-28-23(30)17-3-1-2-4-18(17)24(28)31/h1-12,19H,13H2,(H,27,29)(H,32,33). The Morgan fingerprint density at radius 2 is 1.68 bits per heavy atom. The fraction of sp³-hybridized carbons (Fsp3) is 0.0800. The number of hydrogen-bond donors (Lipinski definition) is 2. The van der Waals surface area contributed by atoms with E-state index in [4.69, 9.17) is 0 Å². The zero-order valence-electron chi connectivity index (χ0n) is 17.6. The first-order chi connectivity index (χ1) is 16.4. The number of benzene rings is 2. The third kappa shape index (κ3) is 3.82. The highest BCUT2D eigenvalue weighted by molar-refractivity contribution is 7.22. The third-order valence-corrected chi connectivity index (χ3v) is 6.69. The molecule has 2 N–H and O–H groups in total. The molecule has 0 radical (unpaired) electrons. The Morgan fingerprint density at radius 1 is 1.00 bits per heavy atom. The second kappa shape index (κ2) is 8.53. The topological polar surface area (TPSA) is 117 Å². The van der Waals surface area contributed by atoms with Crippen molar-refractivity contribution in [3.63, 3.8) is 0 Å². The molecule has 1 aliphatic heterocycles. The molecule has 0 bridgehead atoms. The van der Waals surface area contributed by atoms with E-state index in [-0.39, 0.29) is 12.1 Å². The molecule has 0 aliphatic carbocycles. The fourth-order valence-electron chi connectivity index (χ4n) is 3.94. The molecule has 168 valence electrons. The number of carbonyl (C=O) groups is 4. The number of imide groups is 1. The summed E-state index contributed by atoms with van der Waals surface area (Å²) in [5, 5.41) is 13.6. The molecular weight excluding hydrogens is 454 g/mol. The summed E-state index contributed by atoms with van der Waals surface area (Å²) in [7, 11) is 0. The second-order valence-corrected chi connectivity index (χ2v) is 8.84. The van der Waals surface area contributed by atoms with Gasteiger partial charge in [-0.15, -0.1) is 11.3 Å². The SMILES string of the molecule is O=C(O)c1ccc(C(CN2C(=O)c3ccccc3C2=O)C(=O)Nc2cc3ccncc3s2)cc1. The minimum absolute atomic E-state index is 0.0700. The van der Waals surface area contributed by atoms with Crippen molar-refractivity contribution >= 4 is 50.1 Å². The van der Waals surface area contributed by atoms with E-state index in [1.165, 1.54) is 35.6 Å². The second-order valence-electron chi connectivity index (χ2n) is 7.76. The van der Waals surface area contributed by atoms with Crippen molar-refractivity contribution < 1.29 is 24.3 Å². The lowest BCUT2D eigenvalue weighted by molar-refractivity contribution is -0.117. The van der Waals surface area contributed by atoms with Crippen molar-refractivity contribution in [2.24, 2.45) is 0 Å². The van der Waals surface area contributed by atoms with Crippen LogP contribution in [0.5, 0.6) is 0 Å². The number of fused-ring (bicyclic) bond motifs is 2. The summed E-state index contributed by atoms with van der Waals surface area (Å²) in [5.41, 5.74) is 1.15. The molecule has 1 atom stereocenters. The van der Waals surface area contributed by atoms with Crippen molar-refractivity contribution in [2.75, 3.05) is 11.9 Å². The molecular formula is C25H17N3O5S. The van der Waals surface area contributed by atoms with Crippen LogP contribution in [0.3, 0.4) is 0 Å². The van der Waals surface area contributed by atoms with Crippen LogP contribution in [-0.4, -0.2) is 45.2 Å². The molecule has 0 saturated carbocycles.